The minimum atomic E-state index is -1.23. The van der Waals surface area contributed by atoms with Crippen molar-refractivity contribution in [2.75, 3.05) is 13.1 Å². The number of nitrogens with zero attached hydrogens (tertiary/aromatic N) is 1. The van der Waals surface area contributed by atoms with Crippen LogP contribution in [-0.2, 0) is 4.79 Å². The third kappa shape index (κ3) is 2.37. The molecule has 0 aliphatic carbocycles. The summed E-state index contributed by atoms with van der Waals surface area (Å²) in [6, 6.07) is 0.927. The zero-order valence-corrected chi connectivity index (χ0v) is 9.38. The molecule has 18 heavy (non-hydrogen) atoms. The number of Topliss-reactive ketones (excluding diaryl/α,β-unsaturated/α-hetero) is 1. The number of hydrogen-bond donors (Lipinski definition) is 0. The Bertz CT molecular complexity index is 483. The van der Waals surface area contributed by atoms with Crippen LogP contribution in [0.4, 0.5) is 13.2 Å². The maximum Gasteiger partial charge on any atom is 0.259 e. The largest absolute Gasteiger partial charge is 0.338 e. The van der Waals surface area contributed by atoms with Crippen LogP contribution in [0.5, 0.6) is 0 Å². The minimum absolute atomic E-state index is 0.0131. The minimum Gasteiger partial charge on any atom is -0.338 e. The number of carbonyl (C=O) groups excluding carboxylic acids is 2. The SMILES string of the molecule is O=C1CCN(C(=O)c2c(F)cc(F)cc2F)CC1. The fraction of sp³-hybridized carbons (Fsp3) is 0.333. The van der Waals surface area contributed by atoms with E-state index in [1.165, 1.54) is 4.90 Å². The Morgan fingerprint density at radius 2 is 1.56 bits per heavy atom. The highest BCUT2D eigenvalue weighted by Gasteiger charge is 2.27. The van der Waals surface area contributed by atoms with Crippen molar-refractivity contribution in [3.63, 3.8) is 0 Å². The summed E-state index contributed by atoms with van der Waals surface area (Å²) in [4.78, 5) is 24.1. The molecule has 1 fully saturated rings. The lowest BCUT2D eigenvalue weighted by Crippen LogP contribution is -2.39. The van der Waals surface area contributed by atoms with E-state index in [1.807, 2.05) is 0 Å². The van der Waals surface area contributed by atoms with E-state index < -0.39 is 28.9 Å². The highest BCUT2D eigenvalue weighted by atomic mass is 19.1. The van der Waals surface area contributed by atoms with Gasteiger partial charge in [0, 0.05) is 38.1 Å². The fourth-order valence-electron chi connectivity index (χ4n) is 1.86. The maximum atomic E-state index is 13.4. The molecular weight excluding hydrogens is 247 g/mol. The van der Waals surface area contributed by atoms with Crippen LogP contribution < -0.4 is 0 Å². The average molecular weight is 257 g/mol. The van der Waals surface area contributed by atoms with Crippen molar-refractivity contribution in [1.82, 2.24) is 4.90 Å². The molecule has 0 bridgehead atoms. The molecule has 0 unspecified atom stereocenters. The summed E-state index contributed by atoms with van der Waals surface area (Å²) in [7, 11) is 0. The number of ketones is 1. The lowest BCUT2D eigenvalue weighted by atomic mass is 10.1. The van der Waals surface area contributed by atoms with Gasteiger partial charge in [0.25, 0.3) is 5.91 Å². The first-order chi connectivity index (χ1) is 8.49. The van der Waals surface area contributed by atoms with Crippen LogP contribution in [0.25, 0.3) is 0 Å². The highest BCUT2D eigenvalue weighted by Crippen LogP contribution is 2.18. The summed E-state index contributed by atoms with van der Waals surface area (Å²) < 4.78 is 39.5. The first-order valence-corrected chi connectivity index (χ1v) is 5.44. The Morgan fingerprint density at radius 3 is 2.06 bits per heavy atom. The van der Waals surface area contributed by atoms with Crippen LogP contribution in [0.2, 0.25) is 0 Å². The van der Waals surface area contributed by atoms with Gasteiger partial charge in [0.2, 0.25) is 0 Å². The lowest BCUT2D eigenvalue weighted by Gasteiger charge is -2.26. The van der Waals surface area contributed by atoms with Crippen LogP contribution in [0, 0.1) is 17.5 Å². The van der Waals surface area contributed by atoms with Crippen LogP contribution in [0.15, 0.2) is 12.1 Å². The van der Waals surface area contributed by atoms with Gasteiger partial charge in [0.05, 0.1) is 0 Å². The molecule has 1 heterocycles. The molecule has 1 aromatic carbocycles. The molecule has 0 saturated carbocycles. The third-order valence-electron chi connectivity index (χ3n) is 2.83. The zero-order valence-electron chi connectivity index (χ0n) is 9.38. The van der Waals surface area contributed by atoms with Crippen LogP contribution >= 0.6 is 0 Å². The number of benzene rings is 1. The van der Waals surface area contributed by atoms with Gasteiger partial charge in [-0.15, -0.1) is 0 Å². The number of piperidine rings is 1. The Labute approximate surface area is 101 Å². The van der Waals surface area contributed by atoms with Crippen molar-refractivity contribution >= 4 is 11.7 Å². The highest BCUT2D eigenvalue weighted by molar-refractivity contribution is 5.96. The molecule has 1 aromatic rings. The molecule has 0 radical (unpaired) electrons. The number of halogens is 3. The molecule has 1 saturated heterocycles. The van der Waals surface area contributed by atoms with Crippen molar-refractivity contribution in [2.45, 2.75) is 12.8 Å². The summed E-state index contributed by atoms with van der Waals surface area (Å²) in [5, 5.41) is 0. The van der Waals surface area contributed by atoms with Gasteiger partial charge < -0.3 is 4.90 Å². The normalized spacial score (nSPS) is 15.9. The molecule has 1 aliphatic rings. The Balaban J connectivity index is 2.26. The summed E-state index contributed by atoms with van der Waals surface area (Å²) in [6.07, 6.45) is 0.354. The second-order valence-electron chi connectivity index (χ2n) is 4.08. The molecule has 96 valence electrons. The number of carbonyl (C=O) groups is 2. The number of hydrogen-bond acceptors (Lipinski definition) is 2. The van der Waals surface area contributed by atoms with E-state index in [2.05, 4.69) is 0 Å². The molecule has 0 N–H and O–H groups in total. The second kappa shape index (κ2) is 4.80. The van der Waals surface area contributed by atoms with Gasteiger partial charge >= 0.3 is 0 Å². The van der Waals surface area contributed by atoms with E-state index in [4.69, 9.17) is 0 Å². The predicted molar refractivity (Wildman–Crippen MR) is 56.5 cm³/mol. The molecule has 2 rings (SSSR count). The van der Waals surface area contributed by atoms with E-state index in [9.17, 15) is 22.8 Å². The van der Waals surface area contributed by atoms with E-state index in [1.54, 1.807) is 0 Å². The molecule has 0 aromatic heterocycles. The standard InChI is InChI=1S/C12H10F3NO2/c13-7-5-9(14)11(10(15)6-7)12(18)16-3-1-8(17)2-4-16/h5-6H,1-4H2. The van der Waals surface area contributed by atoms with E-state index >= 15 is 0 Å². The van der Waals surface area contributed by atoms with E-state index in [-0.39, 0.29) is 31.7 Å². The van der Waals surface area contributed by atoms with Gasteiger partial charge in [-0.25, -0.2) is 13.2 Å². The third-order valence-corrected chi connectivity index (χ3v) is 2.83. The summed E-state index contributed by atoms with van der Waals surface area (Å²) in [5.74, 6) is -4.37. The average Bonchev–Trinajstić information content (AvgIpc) is 2.28. The van der Waals surface area contributed by atoms with Gasteiger partial charge in [-0.05, 0) is 0 Å². The lowest BCUT2D eigenvalue weighted by molar-refractivity contribution is -0.120. The first-order valence-electron chi connectivity index (χ1n) is 5.44. The van der Waals surface area contributed by atoms with Crippen molar-refractivity contribution in [3.8, 4) is 0 Å². The Hall–Kier alpha value is -1.85. The number of likely N-dealkylation sites (tertiary alicyclic amines) is 1. The second-order valence-corrected chi connectivity index (χ2v) is 4.08. The Morgan fingerprint density at radius 1 is 1.06 bits per heavy atom. The molecule has 1 amide bonds. The molecule has 6 heteroatoms. The molecule has 0 spiro atoms. The number of amides is 1. The molecule has 3 nitrogen and oxygen atoms in total. The van der Waals surface area contributed by atoms with Crippen molar-refractivity contribution in [1.29, 1.82) is 0 Å². The fourth-order valence-corrected chi connectivity index (χ4v) is 1.86. The van der Waals surface area contributed by atoms with Crippen molar-refractivity contribution in [2.24, 2.45) is 0 Å². The van der Waals surface area contributed by atoms with E-state index in [0.717, 1.165) is 0 Å². The first kappa shape index (κ1) is 12.6. The summed E-state index contributed by atoms with van der Waals surface area (Å²) >= 11 is 0. The van der Waals surface area contributed by atoms with Crippen molar-refractivity contribution < 1.29 is 22.8 Å². The van der Waals surface area contributed by atoms with E-state index in [0.29, 0.717) is 12.1 Å². The molecule has 0 atom stereocenters. The van der Waals surface area contributed by atoms with Crippen LogP contribution in [0.3, 0.4) is 0 Å². The van der Waals surface area contributed by atoms with Gasteiger partial charge in [-0.2, -0.15) is 0 Å². The van der Waals surface area contributed by atoms with Crippen LogP contribution in [-0.4, -0.2) is 29.7 Å². The quantitative estimate of drug-likeness (QED) is 0.770. The summed E-state index contributed by atoms with van der Waals surface area (Å²) in [6.45, 7) is 0.266. The topological polar surface area (TPSA) is 37.4 Å². The Kier molecular flexibility index (Phi) is 3.36. The number of rotatable bonds is 1. The van der Waals surface area contributed by atoms with Gasteiger partial charge in [-0.1, -0.05) is 0 Å². The predicted octanol–water partition coefficient (Wildman–Crippen LogP) is 1.91. The smallest absolute Gasteiger partial charge is 0.259 e. The van der Waals surface area contributed by atoms with Crippen molar-refractivity contribution in [3.05, 3.63) is 35.1 Å². The van der Waals surface area contributed by atoms with Crippen LogP contribution in [0.1, 0.15) is 23.2 Å². The monoisotopic (exact) mass is 257 g/mol. The van der Waals surface area contributed by atoms with Gasteiger partial charge in [-0.3, -0.25) is 9.59 Å². The summed E-state index contributed by atoms with van der Waals surface area (Å²) in [5.41, 5.74) is -0.772. The van der Waals surface area contributed by atoms with Gasteiger partial charge in [0.15, 0.2) is 0 Å². The molecular formula is C12H10F3NO2. The van der Waals surface area contributed by atoms with Gasteiger partial charge in [0.1, 0.15) is 28.8 Å². The molecule has 1 aliphatic heterocycles. The zero-order chi connectivity index (χ0) is 13.3. The maximum absolute atomic E-state index is 13.4.